The molecule has 0 spiro atoms. The van der Waals surface area contributed by atoms with Crippen LogP contribution in [0.5, 0.6) is 0 Å². The number of carbonyl (C=O) groups is 1. The van der Waals surface area contributed by atoms with E-state index in [0.717, 1.165) is 12.1 Å². The zero-order valence-electron chi connectivity index (χ0n) is 16.3. The first kappa shape index (κ1) is 18.1. The van der Waals surface area contributed by atoms with Gasteiger partial charge in [0.1, 0.15) is 5.60 Å². The Morgan fingerprint density at radius 3 is 2.76 bits per heavy atom. The molecule has 138 valence electrons. The van der Waals surface area contributed by atoms with Crippen molar-refractivity contribution in [2.24, 2.45) is 5.41 Å². The highest BCUT2D eigenvalue weighted by molar-refractivity contribution is 5.91. The molecule has 25 heavy (non-hydrogen) atoms. The molecule has 0 bridgehead atoms. The van der Waals surface area contributed by atoms with Gasteiger partial charge in [0.15, 0.2) is 0 Å². The van der Waals surface area contributed by atoms with Gasteiger partial charge in [-0.3, -0.25) is 4.90 Å². The molecule has 1 aliphatic carbocycles. The summed E-state index contributed by atoms with van der Waals surface area (Å²) in [5, 5.41) is 3.71. The van der Waals surface area contributed by atoms with E-state index >= 15 is 0 Å². The van der Waals surface area contributed by atoms with E-state index in [1.165, 1.54) is 36.9 Å². The first-order valence-electron chi connectivity index (χ1n) is 9.53. The average molecular weight is 344 g/mol. The van der Waals surface area contributed by atoms with Crippen LogP contribution in [0.3, 0.4) is 0 Å². The number of benzene rings is 1. The molecule has 1 unspecified atom stereocenters. The standard InChI is InChI=1S/C21H32N2O2/c1-20(2,3)25-19(24)23-12-10-15-13-16(8-9-18(15)23)22-17-7-6-11-21(4,5)14-17/h8-9,13,17,22H,6-7,10-12,14H2,1-5H3. The molecule has 1 aliphatic heterocycles. The van der Waals surface area contributed by atoms with Crippen LogP contribution >= 0.6 is 0 Å². The molecular weight excluding hydrogens is 312 g/mol. The Hall–Kier alpha value is -1.71. The number of hydrogen-bond acceptors (Lipinski definition) is 3. The molecule has 0 aromatic heterocycles. The number of anilines is 2. The van der Waals surface area contributed by atoms with Gasteiger partial charge in [0.2, 0.25) is 0 Å². The van der Waals surface area contributed by atoms with E-state index < -0.39 is 5.60 Å². The molecule has 3 rings (SSSR count). The quantitative estimate of drug-likeness (QED) is 0.784. The van der Waals surface area contributed by atoms with E-state index in [4.69, 9.17) is 4.74 Å². The van der Waals surface area contributed by atoms with Gasteiger partial charge in [-0.2, -0.15) is 0 Å². The SMILES string of the molecule is CC1(C)CCCC(Nc2ccc3c(c2)CCN3C(=O)OC(C)(C)C)C1. The molecule has 4 nitrogen and oxygen atoms in total. The minimum Gasteiger partial charge on any atom is -0.443 e. The zero-order chi connectivity index (χ0) is 18.2. The van der Waals surface area contributed by atoms with Crippen molar-refractivity contribution in [1.29, 1.82) is 0 Å². The summed E-state index contributed by atoms with van der Waals surface area (Å²) in [6, 6.07) is 6.91. The average Bonchev–Trinajstić information content (AvgIpc) is 2.87. The minimum absolute atomic E-state index is 0.249. The Morgan fingerprint density at radius 1 is 1.32 bits per heavy atom. The van der Waals surface area contributed by atoms with Crippen molar-refractivity contribution >= 4 is 17.5 Å². The van der Waals surface area contributed by atoms with Crippen LogP contribution in [0, 0.1) is 5.41 Å². The molecule has 1 atom stereocenters. The van der Waals surface area contributed by atoms with Gasteiger partial charge in [-0.1, -0.05) is 20.3 Å². The predicted molar refractivity (Wildman–Crippen MR) is 103 cm³/mol. The van der Waals surface area contributed by atoms with E-state index in [2.05, 4.69) is 37.4 Å². The zero-order valence-corrected chi connectivity index (χ0v) is 16.3. The highest BCUT2D eigenvalue weighted by Gasteiger charge is 2.30. The molecule has 1 aromatic carbocycles. The molecule has 0 saturated heterocycles. The number of nitrogens with one attached hydrogen (secondary N) is 1. The third-order valence-electron chi connectivity index (χ3n) is 5.16. The first-order valence-corrected chi connectivity index (χ1v) is 9.53. The van der Waals surface area contributed by atoms with Crippen molar-refractivity contribution in [3.63, 3.8) is 0 Å². The van der Waals surface area contributed by atoms with Gasteiger partial charge in [-0.05, 0) is 75.6 Å². The van der Waals surface area contributed by atoms with Crippen LogP contribution in [-0.2, 0) is 11.2 Å². The summed E-state index contributed by atoms with van der Waals surface area (Å²) in [4.78, 5) is 14.1. The maximum Gasteiger partial charge on any atom is 0.414 e. The number of carbonyl (C=O) groups excluding carboxylic acids is 1. The molecule has 2 aliphatic rings. The second kappa shape index (κ2) is 6.54. The van der Waals surface area contributed by atoms with Crippen molar-refractivity contribution in [3.05, 3.63) is 23.8 Å². The fraction of sp³-hybridized carbons (Fsp3) is 0.667. The third kappa shape index (κ3) is 4.47. The number of amides is 1. The maximum atomic E-state index is 12.4. The highest BCUT2D eigenvalue weighted by Crippen LogP contribution is 2.37. The summed E-state index contributed by atoms with van der Waals surface area (Å²) < 4.78 is 5.52. The van der Waals surface area contributed by atoms with Gasteiger partial charge in [-0.25, -0.2) is 4.79 Å². The van der Waals surface area contributed by atoms with Gasteiger partial charge in [0, 0.05) is 18.3 Å². The lowest BCUT2D eigenvalue weighted by Crippen LogP contribution is -2.35. The van der Waals surface area contributed by atoms with E-state index in [1.807, 2.05) is 20.8 Å². The summed E-state index contributed by atoms with van der Waals surface area (Å²) in [5.41, 5.74) is 3.36. The molecule has 4 heteroatoms. The number of fused-ring (bicyclic) bond motifs is 1. The maximum absolute atomic E-state index is 12.4. The molecule has 1 aromatic rings. The highest BCUT2D eigenvalue weighted by atomic mass is 16.6. The van der Waals surface area contributed by atoms with Gasteiger partial charge in [-0.15, -0.1) is 0 Å². The second-order valence-corrected chi connectivity index (χ2v) is 9.33. The van der Waals surface area contributed by atoms with Gasteiger partial charge < -0.3 is 10.1 Å². The lowest BCUT2D eigenvalue weighted by molar-refractivity contribution is 0.0584. The van der Waals surface area contributed by atoms with E-state index in [0.29, 0.717) is 18.0 Å². The topological polar surface area (TPSA) is 41.6 Å². The van der Waals surface area contributed by atoms with Crippen LogP contribution in [0.15, 0.2) is 18.2 Å². The summed E-state index contributed by atoms with van der Waals surface area (Å²) in [7, 11) is 0. The number of hydrogen-bond donors (Lipinski definition) is 1. The molecule has 1 saturated carbocycles. The summed E-state index contributed by atoms with van der Waals surface area (Å²) in [5.74, 6) is 0. The Labute approximate surface area is 151 Å². The van der Waals surface area contributed by atoms with Crippen LogP contribution in [0.4, 0.5) is 16.2 Å². The van der Waals surface area contributed by atoms with Gasteiger partial charge in [0.05, 0.1) is 5.69 Å². The van der Waals surface area contributed by atoms with Crippen molar-refractivity contribution < 1.29 is 9.53 Å². The first-order chi connectivity index (χ1) is 11.6. The lowest BCUT2D eigenvalue weighted by Gasteiger charge is -2.36. The lowest BCUT2D eigenvalue weighted by atomic mass is 9.75. The molecule has 1 fully saturated rings. The molecule has 1 N–H and O–H groups in total. The smallest absolute Gasteiger partial charge is 0.414 e. The predicted octanol–water partition coefficient (Wildman–Crippen LogP) is 5.36. The van der Waals surface area contributed by atoms with Gasteiger partial charge >= 0.3 is 6.09 Å². The fourth-order valence-electron chi connectivity index (χ4n) is 4.06. The van der Waals surface area contributed by atoms with E-state index in [9.17, 15) is 4.79 Å². The van der Waals surface area contributed by atoms with Crippen LogP contribution < -0.4 is 10.2 Å². The van der Waals surface area contributed by atoms with E-state index in [1.54, 1.807) is 4.90 Å². The Morgan fingerprint density at radius 2 is 2.08 bits per heavy atom. The van der Waals surface area contributed by atoms with E-state index in [-0.39, 0.29) is 6.09 Å². The molecule has 1 heterocycles. The third-order valence-corrected chi connectivity index (χ3v) is 5.16. The Bertz CT molecular complexity index is 646. The Kier molecular flexibility index (Phi) is 4.74. The number of nitrogens with zero attached hydrogens (tertiary/aromatic N) is 1. The summed E-state index contributed by atoms with van der Waals surface area (Å²) in [6.07, 6.45) is 5.71. The molecule has 0 radical (unpaired) electrons. The largest absolute Gasteiger partial charge is 0.443 e. The normalized spacial score (nSPS) is 22.4. The summed E-state index contributed by atoms with van der Waals surface area (Å²) in [6.45, 7) is 11.1. The van der Waals surface area contributed by atoms with Crippen LogP contribution in [0.2, 0.25) is 0 Å². The monoisotopic (exact) mass is 344 g/mol. The minimum atomic E-state index is -0.463. The number of ether oxygens (including phenoxy) is 1. The number of rotatable bonds is 2. The molecule has 1 amide bonds. The van der Waals surface area contributed by atoms with Crippen LogP contribution in [-0.4, -0.2) is 24.3 Å². The van der Waals surface area contributed by atoms with Crippen molar-refractivity contribution in [2.45, 2.75) is 78.4 Å². The second-order valence-electron chi connectivity index (χ2n) is 9.33. The van der Waals surface area contributed by atoms with Crippen molar-refractivity contribution in [1.82, 2.24) is 0 Å². The van der Waals surface area contributed by atoms with Gasteiger partial charge in [0.25, 0.3) is 0 Å². The summed E-state index contributed by atoms with van der Waals surface area (Å²) >= 11 is 0. The van der Waals surface area contributed by atoms with Crippen molar-refractivity contribution in [2.75, 3.05) is 16.8 Å². The fourth-order valence-corrected chi connectivity index (χ4v) is 4.06. The Balaban J connectivity index is 1.68. The molecular formula is C21H32N2O2. The van der Waals surface area contributed by atoms with Crippen molar-refractivity contribution in [3.8, 4) is 0 Å². The van der Waals surface area contributed by atoms with Crippen LogP contribution in [0.25, 0.3) is 0 Å². The van der Waals surface area contributed by atoms with Crippen LogP contribution in [0.1, 0.15) is 65.9 Å².